The van der Waals surface area contributed by atoms with Gasteiger partial charge in [-0.3, -0.25) is 4.79 Å². The number of anilines is 1. The summed E-state index contributed by atoms with van der Waals surface area (Å²) in [5, 5.41) is 7.42. The van der Waals surface area contributed by atoms with E-state index < -0.39 is 22.1 Å². The van der Waals surface area contributed by atoms with E-state index in [4.69, 9.17) is 19.4 Å². The van der Waals surface area contributed by atoms with Crippen LogP contribution in [0.3, 0.4) is 0 Å². The zero-order chi connectivity index (χ0) is 24.3. The summed E-state index contributed by atoms with van der Waals surface area (Å²) in [4.78, 5) is 21.7. The number of amides is 1. The van der Waals surface area contributed by atoms with E-state index in [1.807, 2.05) is 48.5 Å². The fourth-order valence-corrected chi connectivity index (χ4v) is 3.50. The third-order valence-electron chi connectivity index (χ3n) is 4.02. The van der Waals surface area contributed by atoms with Gasteiger partial charge in [0.05, 0.1) is 6.26 Å². The minimum Gasteiger partial charge on any atom is -0.487 e. The van der Waals surface area contributed by atoms with Gasteiger partial charge in [-0.2, -0.15) is 4.31 Å². The number of carboxylic acid groups (broad SMARTS) is 1. The average Bonchev–Trinajstić information content (AvgIpc) is 2.77. The van der Waals surface area contributed by atoms with Gasteiger partial charge in [-0.05, 0) is 23.3 Å². The van der Waals surface area contributed by atoms with Crippen LogP contribution in [-0.2, 0) is 32.8 Å². The molecular formula is C24H25NO7S. The summed E-state index contributed by atoms with van der Waals surface area (Å²) in [6, 6.07) is 24.9. The van der Waals surface area contributed by atoms with E-state index in [1.165, 1.54) is 6.07 Å². The van der Waals surface area contributed by atoms with Gasteiger partial charge in [0.25, 0.3) is 5.97 Å². The number of para-hydroxylation sites is 2. The first kappa shape index (κ1) is 25.4. The Hall–Kier alpha value is -3.85. The molecule has 0 atom stereocenters. The van der Waals surface area contributed by atoms with Crippen molar-refractivity contribution in [2.24, 2.45) is 0 Å². The van der Waals surface area contributed by atoms with Gasteiger partial charge in [0.15, 0.2) is 0 Å². The smallest absolute Gasteiger partial charge is 0.428 e. The van der Waals surface area contributed by atoms with Gasteiger partial charge >= 0.3 is 6.09 Å². The van der Waals surface area contributed by atoms with Gasteiger partial charge in [-0.15, -0.1) is 0 Å². The van der Waals surface area contributed by atoms with Crippen LogP contribution in [0.15, 0.2) is 84.9 Å². The van der Waals surface area contributed by atoms with Gasteiger partial charge in [0.2, 0.25) is 10.0 Å². The van der Waals surface area contributed by atoms with Crippen molar-refractivity contribution in [3.63, 3.8) is 0 Å². The minimum atomic E-state index is -3.95. The van der Waals surface area contributed by atoms with Crippen molar-refractivity contribution in [3.05, 3.63) is 96.1 Å². The lowest BCUT2D eigenvalue weighted by Gasteiger charge is -2.22. The molecule has 3 aromatic carbocycles. The number of rotatable bonds is 7. The van der Waals surface area contributed by atoms with Gasteiger partial charge in [-0.25, -0.2) is 13.2 Å². The van der Waals surface area contributed by atoms with E-state index in [-0.39, 0.29) is 24.7 Å². The first-order chi connectivity index (χ1) is 15.7. The number of hydrogen-bond acceptors (Lipinski definition) is 6. The van der Waals surface area contributed by atoms with Crippen LogP contribution >= 0.6 is 0 Å². The summed E-state index contributed by atoms with van der Waals surface area (Å²) in [5.41, 5.74) is 1.77. The fraction of sp³-hybridized carbons (Fsp3) is 0.167. The lowest BCUT2D eigenvalue weighted by Crippen LogP contribution is -2.36. The highest BCUT2D eigenvalue weighted by Crippen LogP contribution is 2.31. The summed E-state index contributed by atoms with van der Waals surface area (Å²) in [7, 11) is -3.95. The largest absolute Gasteiger partial charge is 0.487 e. The van der Waals surface area contributed by atoms with Crippen molar-refractivity contribution in [1.82, 2.24) is 0 Å². The van der Waals surface area contributed by atoms with Crippen molar-refractivity contribution in [1.29, 1.82) is 0 Å². The molecule has 0 unspecified atom stereocenters. The number of carbonyl (C=O) groups excluding carboxylic acids is 1. The van der Waals surface area contributed by atoms with Crippen LogP contribution in [0.5, 0.6) is 5.75 Å². The quantitative estimate of drug-likeness (QED) is 0.542. The van der Waals surface area contributed by atoms with E-state index >= 15 is 0 Å². The Balaban J connectivity index is 0.000000890. The van der Waals surface area contributed by atoms with E-state index in [1.54, 1.807) is 30.3 Å². The molecule has 0 fully saturated rings. The van der Waals surface area contributed by atoms with Crippen molar-refractivity contribution in [2.75, 3.05) is 10.6 Å². The van der Waals surface area contributed by atoms with Crippen LogP contribution in [0, 0.1) is 0 Å². The first-order valence-electron chi connectivity index (χ1n) is 9.84. The molecule has 9 heteroatoms. The first-order valence-corrected chi connectivity index (χ1v) is 11.7. The Morgan fingerprint density at radius 1 is 0.818 bits per heavy atom. The Bertz CT molecular complexity index is 1150. The zero-order valence-corrected chi connectivity index (χ0v) is 19.1. The van der Waals surface area contributed by atoms with E-state index in [0.717, 1.165) is 24.3 Å². The molecule has 3 aromatic rings. The molecule has 3 rings (SSSR count). The molecule has 0 aliphatic heterocycles. The highest BCUT2D eigenvalue weighted by molar-refractivity contribution is 7.92. The lowest BCUT2D eigenvalue weighted by molar-refractivity contribution is -0.134. The molecule has 1 N–H and O–H groups in total. The van der Waals surface area contributed by atoms with E-state index in [0.29, 0.717) is 4.31 Å². The molecule has 0 heterocycles. The normalized spacial score (nSPS) is 10.4. The number of nitrogens with zero attached hydrogens (tertiary/aromatic N) is 1. The molecule has 8 nitrogen and oxygen atoms in total. The zero-order valence-electron chi connectivity index (χ0n) is 18.2. The average molecular weight is 472 g/mol. The van der Waals surface area contributed by atoms with Crippen LogP contribution in [0.2, 0.25) is 0 Å². The Kier molecular flexibility index (Phi) is 9.44. The number of benzene rings is 3. The topological polar surface area (TPSA) is 110 Å². The molecule has 0 radical (unpaired) electrons. The highest BCUT2D eigenvalue weighted by atomic mass is 32.2. The third-order valence-corrected chi connectivity index (χ3v) is 5.03. The van der Waals surface area contributed by atoms with Crippen LogP contribution in [0.25, 0.3) is 0 Å². The number of carbonyl (C=O) groups is 2. The molecule has 33 heavy (non-hydrogen) atoms. The van der Waals surface area contributed by atoms with Crippen LogP contribution in [0.1, 0.15) is 18.1 Å². The van der Waals surface area contributed by atoms with Crippen molar-refractivity contribution < 1.29 is 32.6 Å². The maximum atomic E-state index is 12.7. The highest BCUT2D eigenvalue weighted by Gasteiger charge is 2.29. The molecule has 1 amide bonds. The van der Waals surface area contributed by atoms with Crippen molar-refractivity contribution in [2.45, 2.75) is 20.1 Å². The lowest BCUT2D eigenvalue weighted by atomic mass is 10.2. The summed E-state index contributed by atoms with van der Waals surface area (Å²) in [6.45, 7) is 1.27. The summed E-state index contributed by atoms with van der Waals surface area (Å²) >= 11 is 0. The van der Waals surface area contributed by atoms with Crippen molar-refractivity contribution in [3.8, 4) is 5.75 Å². The predicted molar refractivity (Wildman–Crippen MR) is 124 cm³/mol. The molecule has 0 saturated heterocycles. The minimum absolute atomic E-state index is 0.0429. The number of aliphatic carboxylic acids is 1. The molecule has 0 spiro atoms. The van der Waals surface area contributed by atoms with Gasteiger partial charge in [0, 0.05) is 6.92 Å². The predicted octanol–water partition coefficient (Wildman–Crippen LogP) is 4.46. The van der Waals surface area contributed by atoms with Gasteiger partial charge < -0.3 is 14.6 Å². The number of sulfonamides is 1. The monoisotopic (exact) mass is 471 g/mol. The summed E-state index contributed by atoms with van der Waals surface area (Å²) < 4.78 is 36.4. The second kappa shape index (κ2) is 12.3. The number of hydrogen-bond donors (Lipinski definition) is 1. The summed E-state index contributed by atoms with van der Waals surface area (Å²) in [6.07, 6.45) is -0.0443. The maximum Gasteiger partial charge on any atom is 0.428 e. The van der Waals surface area contributed by atoms with E-state index in [9.17, 15) is 13.2 Å². The summed E-state index contributed by atoms with van der Waals surface area (Å²) in [5.74, 6) is -0.571. The third kappa shape index (κ3) is 8.66. The molecule has 0 bridgehead atoms. The standard InChI is InChI=1S/C22H21NO5S.C2H4O2/c1-29(25,26)23(22(24)28-17-19-12-6-3-7-13-19)20-14-8-9-15-21(20)27-16-18-10-4-2-5-11-18;1-2(3)4/h2-15H,16-17H2,1H3;1H3,(H,3,4). The van der Waals surface area contributed by atoms with E-state index in [2.05, 4.69) is 0 Å². The Morgan fingerprint density at radius 3 is 1.79 bits per heavy atom. The van der Waals surface area contributed by atoms with Gasteiger partial charge in [-0.1, -0.05) is 72.8 Å². The molecule has 0 aliphatic carbocycles. The SMILES string of the molecule is CC(=O)O.CS(=O)(=O)N(C(=O)OCc1ccccc1)c1ccccc1OCc1ccccc1. The molecule has 0 aromatic heterocycles. The number of carboxylic acids is 1. The molecular weight excluding hydrogens is 446 g/mol. The Morgan fingerprint density at radius 2 is 1.27 bits per heavy atom. The van der Waals surface area contributed by atoms with Crippen molar-refractivity contribution >= 4 is 27.8 Å². The van der Waals surface area contributed by atoms with Crippen LogP contribution < -0.4 is 9.04 Å². The number of ether oxygens (including phenoxy) is 2. The maximum absolute atomic E-state index is 12.7. The van der Waals surface area contributed by atoms with Crippen LogP contribution in [0.4, 0.5) is 10.5 Å². The fourth-order valence-electron chi connectivity index (χ4n) is 2.67. The molecule has 0 aliphatic rings. The second-order valence-corrected chi connectivity index (χ2v) is 8.66. The Labute approximate surface area is 193 Å². The van der Waals surface area contributed by atoms with Crippen LogP contribution in [-0.4, -0.2) is 31.8 Å². The second-order valence-electron chi connectivity index (χ2n) is 6.83. The molecule has 174 valence electrons. The molecule has 0 saturated carbocycles. The van der Waals surface area contributed by atoms with Gasteiger partial charge in [0.1, 0.15) is 24.7 Å².